The Morgan fingerprint density at radius 2 is 1.78 bits per heavy atom. The number of ketones is 1. The molecule has 36 heavy (non-hydrogen) atoms. The predicted octanol–water partition coefficient (Wildman–Crippen LogP) is 5.35. The third kappa shape index (κ3) is 4.51. The SMILES string of the molecule is COc1cccc(OC)c1OCc1cc(C2C(C#N)=C(N)OC3=C2C(=O)CC(C)(C)C3)c(C)cc1C. The minimum atomic E-state index is -0.581. The lowest BCUT2D eigenvalue weighted by Gasteiger charge is -2.37. The van der Waals surface area contributed by atoms with Crippen LogP contribution in [-0.2, 0) is 16.1 Å². The maximum Gasteiger partial charge on any atom is 0.205 e. The normalized spacial score (nSPS) is 18.8. The van der Waals surface area contributed by atoms with Gasteiger partial charge in [-0.3, -0.25) is 4.79 Å². The number of rotatable bonds is 6. The molecule has 1 unspecified atom stereocenters. The number of nitriles is 1. The number of Topliss-reactive ketones (excluding diaryl/α,β-unsaturated/α-hetero) is 1. The Labute approximate surface area is 212 Å². The molecule has 0 aromatic heterocycles. The van der Waals surface area contributed by atoms with Crippen molar-refractivity contribution in [2.45, 2.75) is 53.1 Å². The van der Waals surface area contributed by atoms with Gasteiger partial charge in [-0.25, -0.2) is 0 Å². The molecule has 0 amide bonds. The number of nitrogens with zero attached hydrogens (tertiary/aromatic N) is 1. The van der Waals surface area contributed by atoms with Crippen LogP contribution in [-0.4, -0.2) is 20.0 Å². The fraction of sp³-hybridized carbons (Fsp3) is 0.379. The molecular weight excluding hydrogens is 456 g/mol. The van der Waals surface area contributed by atoms with Crippen LogP contribution in [0.4, 0.5) is 0 Å². The lowest BCUT2D eigenvalue weighted by Crippen LogP contribution is -2.33. The first kappa shape index (κ1) is 25.2. The molecule has 4 rings (SSSR count). The summed E-state index contributed by atoms with van der Waals surface area (Å²) < 4.78 is 22.9. The maximum atomic E-state index is 13.3. The highest BCUT2D eigenvalue weighted by Gasteiger charge is 2.43. The van der Waals surface area contributed by atoms with Gasteiger partial charge in [-0.1, -0.05) is 32.0 Å². The Hall–Kier alpha value is -3.92. The average Bonchev–Trinajstić information content (AvgIpc) is 2.81. The minimum Gasteiger partial charge on any atom is -0.493 e. The van der Waals surface area contributed by atoms with Gasteiger partial charge in [-0.05, 0) is 53.6 Å². The van der Waals surface area contributed by atoms with Crippen molar-refractivity contribution >= 4 is 5.78 Å². The van der Waals surface area contributed by atoms with Gasteiger partial charge in [0.05, 0.1) is 20.1 Å². The summed E-state index contributed by atoms with van der Waals surface area (Å²) in [5.41, 5.74) is 10.5. The summed E-state index contributed by atoms with van der Waals surface area (Å²) in [7, 11) is 3.16. The van der Waals surface area contributed by atoms with Crippen molar-refractivity contribution < 1.29 is 23.7 Å². The second-order valence-electron chi connectivity index (χ2n) is 10.1. The van der Waals surface area contributed by atoms with Crippen molar-refractivity contribution in [3.63, 3.8) is 0 Å². The minimum absolute atomic E-state index is 0.0111. The second-order valence-corrected chi connectivity index (χ2v) is 10.1. The predicted molar refractivity (Wildman–Crippen MR) is 135 cm³/mol. The maximum absolute atomic E-state index is 13.3. The monoisotopic (exact) mass is 488 g/mol. The zero-order valence-electron chi connectivity index (χ0n) is 21.7. The molecule has 188 valence electrons. The molecule has 0 saturated heterocycles. The highest BCUT2D eigenvalue weighted by atomic mass is 16.5. The van der Waals surface area contributed by atoms with Crippen molar-refractivity contribution in [3.05, 3.63) is 75.4 Å². The van der Waals surface area contributed by atoms with Gasteiger partial charge in [-0.15, -0.1) is 0 Å². The molecular formula is C29H32N2O5. The number of aryl methyl sites for hydroxylation is 2. The number of allylic oxidation sites excluding steroid dienone is 3. The van der Waals surface area contributed by atoms with Crippen LogP contribution in [0.1, 0.15) is 54.9 Å². The number of carbonyl (C=O) groups excluding carboxylic acids is 1. The first-order valence-electron chi connectivity index (χ1n) is 11.9. The highest BCUT2D eigenvalue weighted by Crippen LogP contribution is 2.48. The van der Waals surface area contributed by atoms with Gasteiger partial charge in [0.2, 0.25) is 11.6 Å². The van der Waals surface area contributed by atoms with E-state index >= 15 is 0 Å². The van der Waals surface area contributed by atoms with Gasteiger partial charge in [-0.2, -0.15) is 5.26 Å². The molecule has 2 N–H and O–H groups in total. The van der Waals surface area contributed by atoms with Crippen molar-refractivity contribution in [3.8, 4) is 23.3 Å². The number of nitrogens with two attached hydrogens (primary N) is 1. The van der Waals surface area contributed by atoms with Crippen LogP contribution in [0.25, 0.3) is 0 Å². The van der Waals surface area contributed by atoms with Gasteiger partial charge in [0.15, 0.2) is 17.3 Å². The third-order valence-corrected chi connectivity index (χ3v) is 6.87. The number of carbonyl (C=O) groups is 1. The number of hydrogen-bond acceptors (Lipinski definition) is 7. The molecule has 1 aliphatic carbocycles. The van der Waals surface area contributed by atoms with Crippen LogP contribution in [0.3, 0.4) is 0 Å². The van der Waals surface area contributed by atoms with E-state index in [4.69, 9.17) is 24.7 Å². The molecule has 7 nitrogen and oxygen atoms in total. The summed E-state index contributed by atoms with van der Waals surface area (Å²) in [5.74, 6) is 1.67. The molecule has 2 aromatic carbocycles. The van der Waals surface area contributed by atoms with E-state index in [2.05, 4.69) is 6.07 Å². The Kier molecular flexibility index (Phi) is 6.73. The molecule has 0 radical (unpaired) electrons. The van der Waals surface area contributed by atoms with E-state index in [-0.39, 0.29) is 29.3 Å². The summed E-state index contributed by atoms with van der Waals surface area (Å²) in [6.07, 6.45) is 0.969. The standard InChI is InChI=1S/C29H32N2O5/c1-16-10-17(2)19(11-18(16)15-35-27-22(33-5)8-7-9-23(27)34-6)25-20(14-30)28(31)36-24-13-29(3,4)12-21(32)26(24)25/h7-11,25H,12-13,15,31H2,1-6H3. The first-order valence-corrected chi connectivity index (χ1v) is 11.9. The van der Waals surface area contributed by atoms with Gasteiger partial charge in [0.1, 0.15) is 24.0 Å². The molecule has 7 heteroatoms. The number of para-hydroxylation sites is 1. The number of methoxy groups -OCH3 is 2. The first-order chi connectivity index (χ1) is 17.1. The van der Waals surface area contributed by atoms with Gasteiger partial charge < -0.3 is 24.7 Å². The number of hydrogen-bond donors (Lipinski definition) is 1. The Morgan fingerprint density at radius 3 is 2.39 bits per heavy atom. The molecule has 1 aliphatic heterocycles. The van der Waals surface area contributed by atoms with E-state index in [9.17, 15) is 10.1 Å². The topological polar surface area (TPSA) is 104 Å². The molecule has 1 heterocycles. The van der Waals surface area contributed by atoms with E-state index in [1.807, 2.05) is 58.0 Å². The molecule has 2 aromatic rings. The molecule has 1 atom stereocenters. The van der Waals surface area contributed by atoms with Crippen molar-refractivity contribution in [1.82, 2.24) is 0 Å². The quantitative estimate of drug-likeness (QED) is 0.584. The fourth-order valence-electron chi connectivity index (χ4n) is 5.09. The van der Waals surface area contributed by atoms with Crippen LogP contribution < -0.4 is 19.9 Å². The van der Waals surface area contributed by atoms with Crippen LogP contribution in [0.15, 0.2) is 53.1 Å². The van der Waals surface area contributed by atoms with Crippen molar-refractivity contribution in [2.24, 2.45) is 11.1 Å². The Morgan fingerprint density at radius 1 is 1.11 bits per heavy atom. The van der Waals surface area contributed by atoms with Crippen molar-refractivity contribution in [2.75, 3.05) is 14.2 Å². The zero-order chi connectivity index (χ0) is 26.2. The van der Waals surface area contributed by atoms with Crippen LogP contribution in [0.2, 0.25) is 0 Å². The average molecular weight is 489 g/mol. The molecule has 0 saturated carbocycles. The van der Waals surface area contributed by atoms with Gasteiger partial charge in [0.25, 0.3) is 0 Å². The summed E-state index contributed by atoms with van der Waals surface area (Å²) >= 11 is 0. The molecule has 0 fully saturated rings. The second kappa shape index (κ2) is 9.62. The smallest absolute Gasteiger partial charge is 0.205 e. The van der Waals surface area contributed by atoms with Crippen molar-refractivity contribution in [1.29, 1.82) is 5.26 Å². The zero-order valence-corrected chi connectivity index (χ0v) is 21.7. The van der Waals surface area contributed by atoms with E-state index in [0.29, 0.717) is 41.4 Å². The van der Waals surface area contributed by atoms with E-state index in [1.54, 1.807) is 14.2 Å². The lowest BCUT2D eigenvalue weighted by molar-refractivity contribution is -0.119. The molecule has 0 bridgehead atoms. The number of benzene rings is 2. The van der Waals surface area contributed by atoms with E-state index in [0.717, 1.165) is 22.3 Å². The fourth-order valence-corrected chi connectivity index (χ4v) is 5.09. The van der Waals surface area contributed by atoms with Crippen LogP contribution in [0, 0.1) is 30.6 Å². The molecule has 2 aliphatic rings. The Bertz CT molecular complexity index is 1310. The molecule has 0 spiro atoms. The summed E-state index contributed by atoms with van der Waals surface area (Å²) in [6, 6.07) is 11.7. The summed E-state index contributed by atoms with van der Waals surface area (Å²) in [4.78, 5) is 13.3. The van der Waals surface area contributed by atoms with Crippen LogP contribution >= 0.6 is 0 Å². The highest BCUT2D eigenvalue weighted by molar-refractivity contribution is 6.00. The lowest BCUT2D eigenvalue weighted by atomic mass is 9.69. The third-order valence-electron chi connectivity index (χ3n) is 6.87. The van der Waals surface area contributed by atoms with Gasteiger partial charge >= 0.3 is 0 Å². The van der Waals surface area contributed by atoms with Gasteiger partial charge in [0, 0.05) is 18.4 Å². The summed E-state index contributed by atoms with van der Waals surface area (Å²) in [6.45, 7) is 8.30. The van der Waals surface area contributed by atoms with E-state index < -0.39 is 5.92 Å². The Balaban J connectivity index is 1.78. The number of ether oxygens (including phenoxy) is 4. The van der Waals surface area contributed by atoms with E-state index in [1.165, 1.54) is 0 Å². The van der Waals surface area contributed by atoms with Crippen LogP contribution in [0.5, 0.6) is 17.2 Å². The largest absolute Gasteiger partial charge is 0.493 e. The summed E-state index contributed by atoms with van der Waals surface area (Å²) in [5, 5.41) is 10.0.